The summed E-state index contributed by atoms with van der Waals surface area (Å²) in [7, 11) is 0. The molecule has 0 saturated carbocycles. The van der Waals surface area contributed by atoms with Crippen LogP contribution in [0.1, 0.15) is 258 Å². The van der Waals surface area contributed by atoms with E-state index in [4.69, 9.17) is 68.1 Å². The highest BCUT2D eigenvalue weighted by atomic mass is 35.5. The van der Waals surface area contributed by atoms with Gasteiger partial charge in [0.2, 0.25) is 2.86 Å². The summed E-state index contributed by atoms with van der Waals surface area (Å²) in [6.45, 7) is 20.3. The number of phenolic OH excluding ortho intramolecular Hbond substituents is 3. The summed E-state index contributed by atoms with van der Waals surface area (Å²) < 4.78 is 41.6. The molecule has 10 unspecified atom stereocenters. The molecular weight excluding hydrogens is 1790 g/mol. The minimum absolute atomic E-state index is 0.0730. The van der Waals surface area contributed by atoms with Crippen LogP contribution in [0.4, 0.5) is 17.1 Å². The lowest BCUT2D eigenvalue weighted by atomic mass is 9.81. The minimum Gasteiger partial charge on any atom is -0.513 e. The summed E-state index contributed by atoms with van der Waals surface area (Å²) in [6.07, 6.45) is -8.96. The Morgan fingerprint density at radius 3 is 1.42 bits per heavy atom. The number of aliphatic hydroxyl groups excluding tert-OH is 13. The van der Waals surface area contributed by atoms with Crippen LogP contribution in [-0.4, -0.2) is 155 Å². The van der Waals surface area contributed by atoms with Gasteiger partial charge in [-0.1, -0.05) is 292 Å². The van der Waals surface area contributed by atoms with E-state index in [1.54, 1.807) is 184 Å². The van der Waals surface area contributed by atoms with E-state index in [0.717, 1.165) is 41.5 Å². The van der Waals surface area contributed by atoms with Gasteiger partial charge >= 0.3 is 0 Å². The maximum atomic E-state index is 12.3. The summed E-state index contributed by atoms with van der Waals surface area (Å²) in [5.74, 6) is -1.35. The number of ether oxygens (including phenoxy) is 1. The number of phenols is 3. The quantitative estimate of drug-likeness (QED) is 0.0109. The van der Waals surface area contributed by atoms with Crippen molar-refractivity contribution >= 4 is 57.6 Å². The number of hydrogen-bond acceptors (Lipinski definition) is 26. The van der Waals surface area contributed by atoms with E-state index in [-0.39, 0.29) is 58.8 Å². The minimum atomic E-state index is -2.34. The van der Waals surface area contributed by atoms with Gasteiger partial charge in [-0.3, -0.25) is 14.4 Å². The zero-order chi connectivity index (χ0) is 107. The number of carbonyl (C=O) groups excluding carboxylic acids is 3. The molecule has 0 spiro atoms. The molecule has 1 heterocycles. The third-order valence-electron chi connectivity index (χ3n) is 21.5. The number of benzene rings is 11. The normalized spacial score (nSPS) is 17.3. The zero-order valence-corrected chi connectivity index (χ0v) is 80.7. The number of halogens is 2. The molecule has 28 heteroatoms. The van der Waals surface area contributed by atoms with Crippen LogP contribution >= 0.6 is 23.2 Å². The number of rotatable bonds is 31. The molecule has 744 valence electrons. The molecule has 11 aromatic rings. The van der Waals surface area contributed by atoms with Crippen LogP contribution in [0.15, 0.2) is 285 Å². The van der Waals surface area contributed by atoms with E-state index in [2.05, 4.69) is 35.9 Å². The van der Waals surface area contributed by atoms with Gasteiger partial charge in [0.25, 0.3) is 0 Å². The van der Waals surface area contributed by atoms with Gasteiger partial charge < -0.3 is 120 Å². The van der Waals surface area contributed by atoms with Gasteiger partial charge in [0.15, 0.2) is 23.0 Å². The van der Waals surface area contributed by atoms with Crippen LogP contribution in [0.25, 0.3) is 0 Å². The van der Waals surface area contributed by atoms with Crippen LogP contribution in [0.2, 0.25) is 10.0 Å². The fourth-order valence-corrected chi connectivity index (χ4v) is 13.7. The van der Waals surface area contributed by atoms with Crippen LogP contribution in [0.3, 0.4) is 0 Å². The molecule has 12 rings (SSSR count). The van der Waals surface area contributed by atoms with Gasteiger partial charge in [-0.2, -0.15) is 0 Å². The topological polar surface area (TPSA) is 529 Å². The number of aliphatic hydroxyl groups is 15. The monoisotopic (exact) mass is 1930 g/mol. The number of ketones is 3. The molecule has 0 amide bonds. The second kappa shape index (κ2) is 64.0. The van der Waals surface area contributed by atoms with Crippen molar-refractivity contribution in [2.75, 3.05) is 23.8 Å². The van der Waals surface area contributed by atoms with E-state index in [0.29, 0.717) is 105 Å². The second-order valence-corrected chi connectivity index (χ2v) is 32.5. The Morgan fingerprint density at radius 1 is 0.496 bits per heavy atom. The molecule has 0 radical (unpaired) electrons. The maximum absolute atomic E-state index is 12.3. The number of hydrogen-bond donors (Lipinski definition) is 22. The number of aryl methyl sites for hydroxylation is 1. The van der Waals surface area contributed by atoms with Crippen molar-refractivity contribution in [1.82, 2.24) is 0 Å². The van der Waals surface area contributed by atoms with Crippen molar-refractivity contribution in [3.63, 3.8) is 0 Å². The Morgan fingerprint density at radius 2 is 0.956 bits per heavy atom. The molecule has 1 aliphatic rings. The van der Waals surface area contributed by atoms with Gasteiger partial charge in [0.05, 0.1) is 62.5 Å². The maximum Gasteiger partial charge on any atom is 0.211 e. The standard InChI is InChI=1S/C20H24O6.C14H19NO5.C11H16O.C10H11ClO2.C9H9ClO2.C9H14N2O.C9H13NO2.3C9H12O/c1-2-16-17(23)18(24)19(25)20(26-16)12-5-8-15(22)13(10-12)9-11-3-6-14(21)7-4-11;1-9(17)7-11(15)13(19)14(20,12(18)8-16)10-5-3-2-4-6-10;1-3-9-6-5-7-10(8-9)11(12)4-2;1-2-9(12)10(13)7-5-3-4-6-8(7)11;1-6(11)9(12)7-4-2-3-5-8(7)10;1-2-9(12)7-5-6(10)3-4-8(7)11;1-2-8(11)7-5-6(10)3-4-9(7)12;3*1-2-9(10)8-6-4-3-5-7-8/h3-8,10,16-25H,2,9H2,1H3;2-6,11-12,16-18,20H,1,7-8,15H2;5-8,11-12H,3-4H2,1-2H3;3-6,10,13H,2H2,1H3;2-5,9,12H,1H3;3-5,9,12H,2,10-11H2,1H3;3-5,8,11-12H,2,10H2,1H3;3*3-7,9-10H,2H2,1H3/t16-,17-,18+,19-,20?;11-,12?,14?;;;;;;9-;;/m10.....1../s1/i;;12D;;;;;2D2;10D;9D. The Kier molecular flexibility index (Phi) is 51.8. The Labute approximate surface area is 822 Å². The molecule has 1 saturated heterocycles. The smallest absolute Gasteiger partial charge is 0.211 e. The average molecular weight is 1940 g/mol. The summed E-state index contributed by atoms with van der Waals surface area (Å²) in [5, 5.41) is 165. The van der Waals surface area contributed by atoms with Crippen molar-refractivity contribution in [3.8, 4) is 17.2 Å². The number of carbonyl (C=O) groups is 3. The molecule has 11 aromatic carbocycles. The predicted molar refractivity (Wildman–Crippen MR) is 541 cm³/mol. The summed E-state index contributed by atoms with van der Waals surface area (Å²) in [4.78, 5) is 34.2. The molecule has 26 N–H and O–H groups in total. The molecule has 0 aromatic heterocycles. The number of Topliss-reactive ketones (excluding diaryl/α,β-unsaturated/α-hetero) is 3. The number of nitrogen functional groups attached to an aromatic ring is 3. The Hall–Kier alpha value is -11.3. The molecule has 1 aliphatic heterocycles. The Bertz CT molecular complexity index is 5420. The summed E-state index contributed by atoms with van der Waals surface area (Å²) in [6, 6.07) is 77.4. The van der Waals surface area contributed by atoms with Crippen molar-refractivity contribution in [2.24, 2.45) is 5.73 Å². The molecule has 137 heavy (non-hydrogen) atoms. The van der Waals surface area contributed by atoms with Gasteiger partial charge in [-0.25, -0.2) is 0 Å². The van der Waals surface area contributed by atoms with E-state index in [9.17, 15) is 85.9 Å². The summed E-state index contributed by atoms with van der Waals surface area (Å²) >= 11 is 11.6. The van der Waals surface area contributed by atoms with Gasteiger partial charge in [0, 0.05) is 71.4 Å². The van der Waals surface area contributed by atoms with E-state index in [1.165, 1.54) is 43.7 Å². The SMILES string of the molecule is C=C(O)C[C@H](N)C(=O)C(O)(c1ccccc1)C(O)CO.CC(=O)C(O)c1ccccc1Cl.CCC(=O)C(O)c1ccccc1Cl.CCC(O)c1cc(N)ccc1N.CCC(O)c1cc(N)ccc1O.CC[C@H]1OC(c2ccc(O)c(Cc3ccc(O)cc3)c2)[C@H](O)[C@@H](O)[C@@H]1O.[2H]C(O)(CC)c1ccccc1.[2H]C([2H])(C)[C@@H](O)c1ccccc1.[2H]OC(CC)c1cccc(CC)c1.[2H]OC(CC)c1ccccc1. The van der Waals surface area contributed by atoms with Gasteiger partial charge in [-0.05, 0) is 181 Å². The fraction of sp³-hybridized carbons (Fsp3) is 0.349. The number of aromatic hydroxyl groups is 3. The Balaban J connectivity index is 0.000000412. The highest BCUT2D eigenvalue weighted by molar-refractivity contribution is 6.32. The van der Waals surface area contributed by atoms with Crippen molar-refractivity contribution in [2.45, 2.75) is 237 Å². The van der Waals surface area contributed by atoms with E-state index < -0.39 is 104 Å². The van der Waals surface area contributed by atoms with Crippen LogP contribution in [-0.2, 0) is 37.6 Å². The first-order valence-corrected chi connectivity index (χ1v) is 45.8. The highest BCUT2D eigenvalue weighted by Crippen LogP contribution is 2.38. The summed E-state index contributed by atoms with van der Waals surface area (Å²) in [5.41, 5.74) is 30.9. The molecule has 0 aliphatic carbocycles. The van der Waals surface area contributed by atoms with Gasteiger partial charge in [-0.15, -0.1) is 0 Å². The van der Waals surface area contributed by atoms with Crippen LogP contribution in [0.5, 0.6) is 17.2 Å². The number of anilines is 3. The molecule has 26 nitrogen and oxygen atoms in total. The zero-order valence-electron chi connectivity index (χ0n) is 84.2. The first-order chi connectivity index (χ1) is 67.2. The van der Waals surface area contributed by atoms with Crippen LogP contribution < -0.4 is 22.9 Å². The third-order valence-corrected chi connectivity index (χ3v) is 22.2. The predicted octanol–water partition coefficient (Wildman–Crippen LogP) is 17.3. The lowest BCUT2D eigenvalue weighted by Crippen LogP contribution is -2.54. The first-order valence-electron chi connectivity index (χ1n) is 47.4. The first kappa shape index (κ1) is 111. The lowest BCUT2D eigenvalue weighted by molar-refractivity contribution is -0.225. The third kappa shape index (κ3) is 40.4. The molecule has 1 fully saturated rings. The van der Waals surface area contributed by atoms with E-state index in [1.807, 2.05) is 101 Å². The molecular formula is C109H142Cl2N4O22. The largest absolute Gasteiger partial charge is 0.513 e. The van der Waals surface area contributed by atoms with Gasteiger partial charge in [0.1, 0.15) is 60.0 Å². The van der Waals surface area contributed by atoms with Crippen molar-refractivity contribution < 1.29 is 115 Å². The second-order valence-electron chi connectivity index (χ2n) is 31.7. The van der Waals surface area contributed by atoms with Crippen molar-refractivity contribution in [1.29, 1.82) is 2.86 Å². The average Bonchev–Trinajstić information content (AvgIpc) is 0.779. The van der Waals surface area contributed by atoms with E-state index >= 15 is 0 Å². The molecule has 0 bridgehead atoms. The fourth-order valence-electron chi connectivity index (χ4n) is 13.2. The lowest BCUT2D eigenvalue weighted by Gasteiger charge is -2.40. The number of nitrogens with two attached hydrogens (primary N) is 4. The van der Waals surface area contributed by atoms with Crippen LogP contribution in [0, 0.1) is 0 Å². The highest BCUT2D eigenvalue weighted by Gasteiger charge is 2.47. The van der Waals surface area contributed by atoms with Crippen molar-refractivity contribution in [3.05, 3.63) is 368 Å². The molecule has 16 atom stereocenters.